The van der Waals surface area contributed by atoms with Gasteiger partial charge >= 0.3 is 5.97 Å². The second-order valence-electron chi connectivity index (χ2n) is 3.97. The summed E-state index contributed by atoms with van der Waals surface area (Å²) in [5.41, 5.74) is -0.418. The number of hydrogen-bond donors (Lipinski definition) is 1. The van der Waals surface area contributed by atoms with Crippen LogP contribution < -0.4 is 5.43 Å². The maximum atomic E-state index is 13.2. The average molecular weight is 265 g/mol. The van der Waals surface area contributed by atoms with Crippen molar-refractivity contribution in [3.8, 4) is 5.69 Å². The number of aromatic nitrogens is 1. The quantitative estimate of drug-likeness (QED) is 0.904. The first kappa shape index (κ1) is 12.9. The Balaban J connectivity index is 2.68. The van der Waals surface area contributed by atoms with Gasteiger partial charge in [0.05, 0.1) is 0 Å². The van der Waals surface area contributed by atoms with Crippen molar-refractivity contribution in [1.82, 2.24) is 4.57 Å². The van der Waals surface area contributed by atoms with Gasteiger partial charge in [0.2, 0.25) is 0 Å². The summed E-state index contributed by atoms with van der Waals surface area (Å²) in [6, 6.07) is 4.29. The highest BCUT2D eigenvalue weighted by molar-refractivity contribution is 5.87. The van der Waals surface area contributed by atoms with Crippen molar-refractivity contribution < 1.29 is 18.7 Å². The maximum Gasteiger partial charge on any atom is 0.341 e. The Labute approximate surface area is 106 Å². The van der Waals surface area contributed by atoms with E-state index in [1.807, 2.05) is 0 Å². The van der Waals surface area contributed by atoms with Crippen LogP contribution in [0.25, 0.3) is 5.69 Å². The van der Waals surface area contributed by atoms with E-state index in [1.54, 1.807) is 6.92 Å². The Kier molecular flexibility index (Phi) is 3.16. The molecule has 0 fully saturated rings. The van der Waals surface area contributed by atoms with Crippen molar-refractivity contribution in [3.63, 3.8) is 0 Å². The molecular weight excluding hydrogens is 256 g/mol. The number of pyridine rings is 1. The molecule has 0 saturated heterocycles. The summed E-state index contributed by atoms with van der Waals surface area (Å²) in [6.45, 7) is 1.56. The van der Waals surface area contributed by atoms with Crippen LogP contribution in [0.3, 0.4) is 0 Å². The lowest BCUT2D eigenvalue weighted by Gasteiger charge is -2.11. The first-order valence-electron chi connectivity index (χ1n) is 5.32. The molecule has 4 nitrogen and oxygen atoms in total. The van der Waals surface area contributed by atoms with Crippen molar-refractivity contribution in [2.45, 2.75) is 6.92 Å². The van der Waals surface area contributed by atoms with Crippen molar-refractivity contribution in [2.24, 2.45) is 0 Å². The van der Waals surface area contributed by atoms with Crippen LogP contribution in [0.2, 0.25) is 0 Å². The van der Waals surface area contributed by atoms with E-state index < -0.39 is 28.6 Å². The first-order valence-corrected chi connectivity index (χ1v) is 5.32. The van der Waals surface area contributed by atoms with Crippen molar-refractivity contribution >= 4 is 5.97 Å². The summed E-state index contributed by atoms with van der Waals surface area (Å²) in [4.78, 5) is 22.3. The Morgan fingerprint density at radius 1 is 1.21 bits per heavy atom. The molecule has 0 unspecified atom stereocenters. The highest BCUT2D eigenvalue weighted by Crippen LogP contribution is 2.15. The predicted octanol–water partition coefficient (Wildman–Crippen LogP) is 2.12. The van der Waals surface area contributed by atoms with Crippen LogP contribution in [-0.4, -0.2) is 15.6 Å². The van der Waals surface area contributed by atoms with Gasteiger partial charge in [0.15, 0.2) is 17.1 Å². The molecule has 19 heavy (non-hydrogen) atoms. The zero-order chi connectivity index (χ0) is 14.2. The van der Waals surface area contributed by atoms with Gasteiger partial charge < -0.3 is 9.67 Å². The Bertz CT molecular complexity index is 722. The number of hydrogen-bond acceptors (Lipinski definition) is 2. The summed E-state index contributed by atoms with van der Waals surface area (Å²) in [5, 5.41) is 8.88. The average Bonchev–Trinajstić information content (AvgIpc) is 2.32. The summed E-state index contributed by atoms with van der Waals surface area (Å²) >= 11 is 0. The molecule has 0 amide bonds. The highest BCUT2D eigenvalue weighted by atomic mass is 19.2. The van der Waals surface area contributed by atoms with E-state index in [0.29, 0.717) is 5.69 Å². The van der Waals surface area contributed by atoms with Crippen LogP contribution in [0.15, 0.2) is 35.3 Å². The number of aryl methyl sites for hydroxylation is 1. The van der Waals surface area contributed by atoms with E-state index in [0.717, 1.165) is 24.4 Å². The minimum absolute atomic E-state index is 0.235. The largest absolute Gasteiger partial charge is 0.477 e. The molecule has 0 aliphatic rings. The fourth-order valence-electron chi connectivity index (χ4n) is 1.71. The third-order valence-corrected chi connectivity index (χ3v) is 2.66. The van der Waals surface area contributed by atoms with Gasteiger partial charge in [-0.15, -0.1) is 0 Å². The summed E-state index contributed by atoms with van der Waals surface area (Å²) in [5.74, 6) is -3.42. The van der Waals surface area contributed by atoms with Crippen LogP contribution in [0.1, 0.15) is 16.1 Å². The molecular formula is C13H9F2NO3. The van der Waals surface area contributed by atoms with Gasteiger partial charge in [-0.3, -0.25) is 4.79 Å². The second kappa shape index (κ2) is 4.64. The summed E-state index contributed by atoms with van der Waals surface area (Å²) in [7, 11) is 0. The molecule has 1 heterocycles. The zero-order valence-corrected chi connectivity index (χ0v) is 9.85. The van der Waals surface area contributed by atoms with E-state index in [1.165, 1.54) is 10.6 Å². The number of benzene rings is 1. The van der Waals surface area contributed by atoms with Crippen LogP contribution in [-0.2, 0) is 0 Å². The van der Waals surface area contributed by atoms with Crippen LogP contribution >= 0.6 is 0 Å². The van der Waals surface area contributed by atoms with Crippen molar-refractivity contribution in [2.75, 3.05) is 0 Å². The van der Waals surface area contributed by atoms with Gasteiger partial charge in [-0.25, -0.2) is 13.6 Å². The molecule has 0 bridgehead atoms. The van der Waals surface area contributed by atoms with E-state index in [-0.39, 0.29) is 5.69 Å². The zero-order valence-electron chi connectivity index (χ0n) is 9.85. The smallest absolute Gasteiger partial charge is 0.341 e. The van der Waals surface area contributed by atoms with Gasteiger partial charge in [-0.05, 0) is 19.1 Å². The summed E-state index contributed by atoms with van der Waals surface area (Å²) in [6.07, 6.45) is 1.09. The maximum absolute atomic E-state index is 13.2. The molecule has 1 aromatic carbocycles. The molecule has 2 rings (SSSR count). The Morgan fingerprint density at radius 3 is 2.47 bits per heavy atom. The van der Waals surface area contributed by atoms with E-state index >= 15 is 0 Å². The molecule has 98 valence electrons. The van der Waals surface area contributed by atoms with Crippen molar-refractivity contribution in [1.29, 1.82) is 0 Å². The van der Waals surface area contributed by atoms with Gasteiger partial charge in [-0.2, -0.15) is 0 Å². The number of carboxylic acid groups (broad SMARTS) is 1. The molecule has 0 spiro atoms. The SMILES string of the molecule is Cc1cc(=O)c(C(=O)O)cn1-c1ccc(F)c(F)c1. The second-order valence-corrected chi connectivity index (χ2v) is 3.97. The molecule has 0 saturated carbocycles. The number of nitrogens with zero attached hydrogens (tertiary/aromatic N) is 1. The first-order chi connectivity index (χ1) is 8.90. The lowest BCUT2D eigenvalue weighted by atomic mass is 10.2. The van der Waals surface area contributed by atoms with Crippen LogP contribution in [0, 0.1) is 18.6 Å². The Morgan fingerprint density at radius 2 is 1.89 bits per heavy atom. The lowest BCUT2D eigenvalue weighted by molar-refractivity contribution is 0.0695. The molecule has 0 atom stereocenters. The van der Waals surface area contributed by atoms with E-state index in [2.05, 4.69) is 0 Å². The number of aromatic carboxylic acids is 1. The highest BCUT2D eigenvalue weighted by Gasteiger charge is 2.12. The number of rotatable bonds is 2. The van der Waals surface area contributed by atoms with Gasteiger partial charge in [0.25, 0.3) is 0 Å². The van der Waals surface area contributed by atoms with Crippen LogP contribution in [0.5, 0.6) is 0 Å². The van der Waals surface area contributed by atoms with Gasteiger partial charge in [-0.1, -0.05) is 0 Å². The predicted molar refractivity (Wildman–Crippen MR) is 63.7 cm³/mol. The minimum Gasteiger partial charge on any atom is -0.477 e. The fourth-order valence-corrected chi connectivity index (χ4v) is 1.71. The van der Waals surface area contributed by atoms with Gasteiger partial charge in [0, 0.05) is 29.7 Å². The van der Waals surface area contributed by atoms with Gasteiger partial charge in [0.1, 0.15) is 5.56 Å². The number of carboxylic acids is 1. The Hall–Kier alpha value is -2.50. The molecule has 0 aliphatic heterocycles. The normalized spacial score (nSPS) is 10.5. The summed E-state index contributed by atoms with van der Waals surface area (Å²) < 4.78 is 27.3. The molecule has 0 aliphatic carbocycles. The van der Waals surface area contributed by atoms with Crippen molar-refractivity contribution in [3.05, 3.63) is 63.6 Å². The minimum atomic E-state index is -1.37. The fraction of sp³-hybridized carbons (Fsp3) is 0.0769. The lowest BCUT2D eigenvalue weighted by Crippen LogP contribution is -2.18. The molecule has 0 radical (unpaired) electrons. The topological polar surface area (TPSA) is 59.3 Å². The van der Waals surface area contributed by atoms with E-state index in [4.69, 9.17) is 5.11 Å². The molecule has 1 aromatic heterocycles. The van der Waals surface area contributed by atoms with Crippen LogP contribution in [0.4, 0.5) is 8.78 Å². The third-order valence-electron chi connectivity index (χ3n) is 2.66. The monoisotopic (exact) mass is 265 g/mol. The number of halogens is 2. The third kappa shape index (κ3) is 2.37. The number of carbonyl (C=O) groups is 1. The molecule has 1 N–H and O–H groups in total. The standard InChI is InChI=1S/C13H9F2NO3/c1-7-4-12(17)9(13(18)19)6-16(7)8-2-3-10(14)11(15)5-8/h2-6H,1H3,(H,18,19). The van der Waals surface area contributed by atoms with E-state index in [9.17, 15) is 18.4 Å². The molecule has 6 heteroatoms. The molecule has 2 aromatic rings.